The van der Waals surface area contributed by atoms with Crippen molar-refractivity contribution >= 4 is 23.6 Å². The number of aryl methyl sites for hydroxylation is 1. The number of carbonyl (C=O) groups excluding carboxylic acids is 2. The molecule has 1 aromatic heterocycles. The van der Waals surface area contributed by atoms with Crippen LogP contribution in [0.15, 0.2) is 9.64 Å². The minimum absolute atomic E-state index is 0.0702. The maximum Gasteiger partial charge on any atom is 0.277 e. The van der Waals surface area contributed by atoms with Crippen LogP contribution in [0.5, 0.6) is 0 Å². The Bertz CT molecular complexity index is 491. The van der Waals surface area contributed by atoms with Gasteiger partial charge < -0.3 is 14.6 Å². The first-order valence-corrected chi connectivity index (χ1v) is 7.54. The van der Waals surface area contributed by atoms with Gasteiger partial charge in [-0.3, -0.25) is 9.59 Å². The van der Waals surface area contributed by atoms with Crippen molar-refractivity contribution in [2.24, 2.45) is 0 Å². The van der Waals surface area contributed by atoms with E-state index in [4.69, 9.17) is 4.42 Å². The SMILES string of the molecule is CNC(=O)C1CCCCN1C(=O)CSc1nnc(C)o1. The van der Waals surface area contributed by atoms with E-state index in [0.29, 0.717) is 17.7 Å². The number of aromatic nitrogens is 2. The first-order chi connectivity index (χ1) is 9.61. The summed E-state index contributed by atoms with van der Waals surface area (Å²) in [5.74, 6) is 0.506. The molecule has 1 fully saturated rings. The van der Waals surface area contributed by atoms with Crippen molar-refractivity contribution in [3.05, 3.63) is 5.89 Å². The standard InChI is InChI=1S/C12H18N4O3S/c1-8-14-15-12(19-8)20-7-10(17)16-6-4-3-5-9(16)11(18)13-2/h9H,3-7H2,1-2H3,(H,13,18). The zero-order valence-corrected chi connectivity index (χ0v) is 12.4. The van der Waals surface area contributed by atoms with E-state index in [9.17, 15) is 9.59 Å². The number of likely N-dealkylation sites (N-methyl/N-ethyl adjacent to an activating group) is 1. The van der Waals surface area contributed by atoms with Gasteiger partial charge >= 0.3 is 0 Å². The van der Waals surface area contributed by atoms with Crippen LogP contribution in [0, 0.1) is 6.92 Å². The second-order valence-corrected chi connectivity index (χ2v) is 5.52. The van der Waals surface area contributed by atoms with E-state index in [-0.39, 0.29) is 23.6 Å². The average molecular weight is 298 g/mol. The molecule has 20 heavy (non-hydrogen) atoms. The third-order valence-electron chi connectivity index (χ3n) is 3.20. The Labute approximate surface area is 121 Å². The summed E-state index contributed by atoms with van der Waals surface area (Å²) in [5, 5.41) is 10.5. The molecular weight excluding hydrogens is 280 g/mol. The lowest BCUT2D eigenvalue weighted by Gasteiger charge is -2.34. The van der Waals surface area contributed by atoms with Gasteiger partial charge in [0.25, 0.3) is 5.22 Å². The Kier molecular flexibility index (Phi) is 4.99. The fourth-order valence-corrected chi connectivity index (χ4v) is 2.90. The second kappa shape index (κ2) is 6.74. The van der Waals surface area contributed by atoms with Crippen LogP contribution in [0.1, 0.15) is 25.2 Å². The van der Waals surface area contributed by atoms with Crippen molar-refractivity contribution < 1.29 is 14.0 Å². The summed E-state index contributed by atoms with van der Waals surface area (Å²) in [7, 11) is 1.59. The molecule has 0 radical (unpaired) electrons. The molecule has 110 valence electrons. The van der Waals surface area contributed by atoms with Gasteiger partial charge in [0.15, 0.2) is 0 Å². The number of thioether (sulfide) groups is 1. The van der Waals surface area contributed by atoms with Crippen molar-refractivity contribution in [3.63, 3.8) is 0 Å². The fourth-order valence-electron chi connectivity index (χ4n) is 2.21. The van der Waals surface area contributed by atoms with Crippen LogP contribution >= 0.6 is 11.8 Å². The lowest BCUT2D eigenvalue weighted by atomic mass is 10.0. The van der Waals surface area contributed by atoms with E-state index in [1.165, 1.54) is 11.8 Å². The molecule has 1 aromatic rings. The number of carbonyl (C=O) groups is 2. The maximum atomic E-state index is 12.2. The molecule has 2 rings (SSSR count). The normalized spacial score (nSPS) is 18.9. The smallest absolute Gasteiger partial charge is 0.277 e. The van der Waals surface area contributed by atoms with Crippen molar-refractivity contribution in [3.8, 4) is 0 Å². The average Bonchev–Trinajstić information content (AvgIpc) is 2.89. The van der Waals surface area contributed by atoms with Crippen LogP contribution in [0.4, 0.5) is 0 Å². The number of likely N-dealkylation sites (tertiary alicyclic amines) is 1. The lowest BCUT2D eigenvalue weighted by molar-refractivity contribution is -0.140. The van der Waals surface area contributed by atoms with Crippen molar-refractivity contribution in [1.82, 2.24) is 20.4 Å². The predicted molar refractivity (Wildman–Crippen MR) is 73.2 cm³/mol. The molecule has 0 saturated carbocycles. The zero-order chi connectivity index (χ0) is 14.5. The van der Waals surface area contributed by atoms with Gasteiger partial charge in [-0.05, 0) is 19.3 Å². The highest BCUT2D eigenvalue weighted by Gasteiger charge is 2.31. The van der Waals surface area contributed by atoms with Crippen LogP contribution in [-0.4, -0.2) is 52.3 Å². The third-order valence-corrected chi connectivity index (χ3v) is 4.00. The molecule has 7 nitrogen and oxygen atoms in total. The lowest BCUT2D eigenvalue weighted by Crippen LogP contribution is -2.51. The van der Waals surface area contributed by atoms with Crippen LogP contribution in [0.3, 0.4) is 0 Å². The first-order valence-electron chi connectivity index (χ1n) is 6.56. The molecule has 0 bridgehead atoms. The minimum Gasteiger partial charge on any atom is -0.416 e. The van der Waals surface area contributed by atoms with Crippen molar-refractivity contribution in [2.45, 2.75) is 37.5 Å². The Morgan fingerprint density at radius 2 is 2.25 bits per heavy atom. The van der Waals surface area contributed by atoms with E-state index in [1.54, 1.807) is 18.9 Å². The van der Waals surface area contributed by atoms with Crippen LogP contribution < -0.4 is 5.32 Å². The van der Waals surface area contributed by atoms with E-state index < -0.39 is 0 Å². The minimum atomic E-state index is -0.355. The van der Waals surface area contributed by atoms with Gasteiger partial charge in [-0.15, -0.1) is 10.2 Å². The second-order valence-electron chi connectivity index (χ2n) is 4.59. The molecule has 0 aromatic carbocycles. The quantitative estimate of drug-likeness (QED) is 0.819. The summed E-state index contributed by atoms with van der Waals surface area (Å²) in [5.41, 5.74) is 0. The highest BCUT2D eigenvalue weighted by Crippen LogP contribution is 2.21. The molecule has 8 heteroatoms. The number of piperidine rings is 1. The van der Waals surface area contributed by atoms with E-state index in [0.717, 1.165) is 19.3 Å². The molecule has 0 aliphatic carbocycles. The number of rotatable bonds is 4. The summed E-state index contributed by atoms with van der Waals surface area (Å²) in [6.45, 7) is 2.32. The Morgan fingerprint density at radius 1 is 1.45 bits per heavy atom. The molecule has 1 unspecified atom stereocenters. The molecule has 1 aliphatic rings. The van der Waals surface area contributed by atoms with Gasteiger partial charge in [0, 0.05) is 20.5 Å². The maximum absolute atomic E-state index is 12.2. The van der Waals surface area contributed by atoms with Gasteiger partial charge in [-0.25, -0.2) is 0 Å². The third kappa shape index (κ3) is 3.50. The Balaban J connectivity index is 1.93. The van der Waals surface area contributed by atoms with E-state index >= 15 is 0 Å². The fraction of sp³-hybridized carbons (Fsp3) is 0.667. The van der Waals surface area contributed by atoms with Crippen LogP contribution in [-0.2, 0) is 9.59 Å². The Morgan fingerprint density at radius 3 is 2.90 bits per heavy atom. The molecule has 2 heterocycles. The molecule has 1 N–H and O–H groups in total. The highest BCUT2D eigenvalue weighted by atomic mass is 32.2. The van der Waals surface area contributed by atoms with Crippen molar-refractivity contribution in [1.29, 1.82) is 0 Å². The number of nitrogens with zero attached hydrogens (tertiary/aromatic N) is 3. The molecule has 1 atom stereocenters. The summed E-state index contributed by atoms with van der Waals surface area (Å²) in [4.78, 5) is 25.7. The zero-order valence-electron chi connectivity index (χ0n) is 11.6. The summed E-state index contributed by atoms with van der Waals surface area (Å²) >= 11 is 1.20. The van der Waals surface area contributed by atoms with Crippen molar-refractivity contribution in [2.75, 3.05) is 19.3 Å². The predicted octanol–water partition coefficient (Wildman–Crippen LogP) is 0.597. The van der Waals surface area contributed by atoms with Crippen LogP contribution in [0.25, 0.3) is 0 Å². The topological polar surface area (TPSA) is 88.3 Å². The van der Waals surface area contributed by atoms with Gasteiger partial charge in [0.2, 0.25) is 17.7 Å². The van der Waals surface area contributed by atoms with E-state index in [2.05, 4.69) is 15.5 Å². The Hall–Kier alpha value is -1.57. The number of hydrogen-bond acceptors (Lipinski definition) is 6. The number of hydrogen-bond donors (Lipinski definition) is 1. The monoisotopic (exact) mass is 298 g/mol. The van der Waals surface area contributed by atoms with Gasteiger partial charge in [0.1, 0.15) is 6.04 Å². The first kappa shape index (κ1) is 14.8. The van der Waals surface area contributed by atoms with E-state index in [1.807, 2.05) is 0 Å². The van der Waals surface area contributed by atoms with Crippen LogP contribution in [0.2, 0.25) is 0 Å². The molecule has 1 aliphatic heterocycles. The molecule has 1 saturated heterocycles. The molecule has 2 amide bonds. The van der Waals surface area contributed by atoms with Gasteiger partial charge in [-0.1, -0.05) is 11.8 Å². The summed E-state index contributed by atoms with van der Waals surface area (Å²) in [6.07, 6.45) is 2.62. The summed E-state index contributed by atoms with van der Waals surface area (Å²) in [6, 6.07) is -0.355. The number of nitrogens with one attached hydrogen (secondary N) is 1. The molecule has 0 spiro atoms. The summed E-state index contributed by atoms with van der Waals surface area (Å²) < 4.78 is 5.21. The number of amides is 2. The largest absolute Gasteiger partial charge is 0.416 e. The van der Waals surface area contributed by atoms with Gasteiger partial charge in [-0.2, -0.15) is 0 Å². The molecular formula is C12H18N4O3S. The highest BCUT2D eigenvalue weighted by molar-refractivity contribution is 7.99. The van der Waals surface area contributed by atoms with Gasteiger partial charge in [0.05, 0.1) is 5.75 Å².